The fourth-order valence-electron chi connectivity index (χ4n) is 3.13. The third-order valence-electron chi connectivity index (χ3n) is 4.55. The Labute approximate surface area is 180 Å². The molecule has 0 radical (unpaired) electrons. The highest BCUT2D eigenvalue weighted by molar-refractivity contribution is 6.43. The fraction of sp³-hybridized carbons (Fsp3) is 0.158. The summed E-state index contributed by atoms with van der Waals surface area (Å²) >= 11 is 11.9. The lowest BCUT2D eigenvalue weighted by Crippen LogP contribution is -2.37. The van der Waals surface area contributed by atoms with E-state index in [9.17, 15) is 14.4 Å². The molecule has 30 heavy (non-hydrogen) atoms. The van der Waals surface area contributed by atoms with Crippen molar-refractivity contribution in [1.29, 1.82) is 0 Å². The Kier molecular flexibility index (Phi) is 5.23. The fourth-order valence-corrected chi connectivity index (χ4v) is 3.46. The molecule has 1 aromatic heterocycles. The minimum absolute atomic E-state index is 0.121. The number of anilines is 1. The summed E-state index contributed by atoms with van der Waals surface area (Å²) in [6, 6.07) is 9.61. The van der Waals surface area contributed by atoms with E-state index in [0.717, 1.165) is 4.90 Å². The maximum Gasteiger partial charge on any atom is 0.262 e. The van der Waals surface area contributed by atoms with Crippen LogP contribution in [0.4, 0.5) is 5.69 Å². The summed E-state index contributed by atoms with van der Waals surface area (Å²) < 4.78 is 1.62. The van der Waals surface area contributed by atoms with Crippen molar-refractivity contribution in [3.63, 3.8) is 0 Å². The Bertz CT molecular complexity index is 1150. The number of nitrogens with one attached hydrogen (secondary N) is 1. The summed E-state index contributed by atoms with van der Waals surface area (Å²) in [5.41, 5.74) is 1.43. The van der Waals surface area contributed by atoms with Crippen molar-refractivity contribution in [2.45, 2.75) is 13.5 Å². The highest BCUT2D eigenvalue weighted by Crippen LogP contribution is 2.31. The maximum atomic E-state index is 12.5. The summed E-state index contributed by atoms with van der Waals surface area (Å²) in [4.78, 5) is 38.4. The van der Waals surface area contributed by atoms with Crippen LogP contribution in [0.15, 0.2) is 36.4 Å². The van der Waals surface area contributed by atoms with E-state index in [1.54, 1.807) is 22.9 Å². The average molecular weight is 445 g/mol. The van der Waals surface area contributed by atoms with Crippen molar-refractivity contribution in [3.8, 4) is 11.4 Å². The molecule has 0 saturated carbocycles. The molecule has 1 N–H and O–H groups in total. The molecule has 0 unspecified atom stereocenters. The molecule has 0 spiro atoms. The van der Waals surface area contributed by atoms with Crippen LogP contribution in [0, 0.1) is 0 Å². The molecule has 11 heteroatoms. The molecule has 0 bridgehead atoms. The van der Waals surface area contributed by atoms with Gasteiger partial charge in [-0.2, -0.15) is 0 Å². The highest BCUT2D eigenvalue weighted by atomic mass is 35.5. The van der Waals surface area contributed by atoms with Crippen LogP contribution >= 0.6 is 23.2 Å². The van der Waals surface area contributed by atoms with E-state index in [1.807, 2.05) is 13.0 Å². The third-order valence-corrected chi connectivity index (χ3v) is 5.27. The predicted molar refractivity (Wildman–Crippen MR) is 109 cm³/mol. The largest absolute Gasteiger partial charge is 0.325 e. The van der Waals surface area contributed by atoms with Crippen LogP contribution in [0.3, 0.4) is 0 Å². The summed E-state index contributed by atoms with van der Waals surface area (Å²) in [5, 5.41) is 14.5. The Morgan fingerprint density at radius 3 is 2.37 bits per heavy atom. The van der Waals surface area contributed by atoms with E-state index in [2.05, 4.69) is 20.8 Å². The molecule has 3 aromatic rings. The van der Waals surface area contributed by atoms with Crippen LogP contribution in [0.5, 0.6) is 0 Å². The summed E-state index contributed by atoms with van der Waals surface area (Å²) in [7, 11) is 0. The van der Waals surface area contributed by atoms with E-state index in [-0.39, 0.29) is 21.2 Å². The molecule has 0 saturated heterocycles. The van der Waals surface area contributed by atoms with E-state index >= 15 is 0 Å². The van der Waals surface area contributed by atoms with Gasteiger partial charge < -0.3 is 5.32 Å². The Balaban J connectivity index is 1.50. The number of carbonyl (C=O) groups excluding carboxylic acids is 3. The van der Waals surface area contributed by atoms with Crippen molar-refractivity contribution < 1.29 is 14.4 Å². The first-order chi connectivity index (χ1) is 14.4. The molecule has 0 atom stereocenters. The molecule has 4 rings (SSSR count). The predicted octanol–water partition coefficient (Wildman–Crippen LogP) is 2.90. The van der Waals surface area contributed by atoms with Crippen LogP contribution in [0.25, 0.3) is 11.4 Å². The van der Waals surface area contributed by atoms with Crippen LogP contribution < -0.4 is 5.32 Å². The first-order valence-corrected chi connectivity index (χ1v) is 9.66. The number of imide groups is 1. The number of aryl methyl sites for hydroxylation is 1. The van der Waals surface area contributed by atoms with E-state index in [1.165, 1.54) is 12.1 Å². The number of nitrogens with zero attached hydrogens (tertiary/aromatic N) is 5. The molecule has 1 aliphatic rings. The second-order valence-corrected chi connectivity index (χ2v) is 7.27. The molecule has 2 aromatic carbocycles. The minimum atomic E-state index is -0.598. The van der Waals surface area contributed by atoms with Gasteiger partial charge in [-0.1, -0.05) is 35.3 Å². The normalized spacial score (nSPS) is 13.0. The Morgan fingerprint density at radius 1 is 1.07 bits per heavy atom. The molecule has 152 valence electrons. The van der Waals surface area contributed by atoms with Gasteiger partial charge in [-0.25, -0.2) is 4.68 Å². The molecule has 1 aliphatic heterocycles. The van der Waals surface area contributed by atoms with Crippen molar-refractivity contribution in [2.75, 3.05) is 11.9 Å². The number of carbonyl (C=O) groups is 3. The van der Waals surface area contributed by atoms with Crippen LogP contribution in [0.2, 0.25) is 10.0 Å². The third kappa shape index (κ3) is 3.53. The molecule has 3 amide bonds. The second kappa shape index (κ2) is 7.85. The topological polar surface area (TPSA) is 110 Å². The van der Waals surface area contributed by atoms with Gasteiger partial charge in [-0.15, -0.1) is 5.10 Å². The van der Waals surface area contributed by atoms with E-state index in [4.69, 9.17) is 23.2 Å². The average Bonchev–Trinajstić information content (AvgIpc) is 3.29. The number of aromatic nitrogens is 4. The van der Waals surface area contributed by atoms with Gasteiger partial charge in [0.25, 0.3) is 11.8 Å². The minimum Gasteiger partial charge on any atom is -0.325 e. The quantitative estimate of drug-likeness (QED) is 0.605. The zero-order valence-electron chi connectivity index (χ0n) is 15.6. The number of halogens is 2. The number of hydrogen-bond donors (Lipinski definition) is 1. The zero-order chi connectivity index (χ0) is 21.4. The van der Waals surface area contributed by atoms with Gasteiger partial charge in [0, 0.05) is 17.8 Å². The standard InChI is InChI=1S/C19H14Cl2N6O3/c1-2-27-17(23-24-25-27)10-4-3-5-11(6-10)22-16(28)9-26-18(29)12-7-14(20)15(21)8-13(12)19(26)30/h3-8H,2,9H2,1H3,(H,22,28). The first kappa shape index (κ1) is 20.0. The van der Waals surface area contributed by atoms with Gasteiger partial charge in [-0.05, 0) is 41.6 Å². The number of fused-ring (bicyclic) bond motifs is 1. The molecule has 0 aliphatic carbocycles. The van der Waals surface area contributed by atoms with Gasteiger partial charge in [0.15, 0.2) is 5.82 Å². The molecule has 9 nitrogen and oxygen atoms in total. The number of amides is 3. The maximum absolute atomic E-state index is 12.5. The lowest BCUT2D eigenvalue weighted by molar-refractivity contribution is -0.116. The monoisotopic (exact) mass is 444 g/mol. The number of benzene rings is 2. The van der Waals surface area contributed by atoms with Gasteiger partial charge in [0.2, 0.25) is 5.91 Å². The molecular weight excluding hydrogens is 431 g/mol. The number of tetrazole rings is 1. The van der Waals surface area contributed by atoms with Gasteiger partial charge in [0.1, 0.15) is 6.54 Å². The summed E-state index contributed by atoms with van der Waals surface area (Å²) in [6.45, 7) is 2.05. The van der Waals surface area contributed by atoms with Crippen molar-refractivity contribution in [3.05, 3.63) is 57.6 Å². The Hall–Kier alpha value is -3.30. The van der Waals surface area contributed by atoms with Gasteiger partial charge >= 0.3 is 0 Å². The first-order valence-electron chi connectivity index (χ1n) is 8.90. The van der Waals surface area contributed by atoms with E-state index in [0.29, 0.717) is 23.6 Å². The lowest BCUT2D eigenvalue weighted by Gasteiger charge is -2.14. The summed E-state index contributed by atoms with van der Waals surface area (Å²) in [6.07, 6.45) is 0. The molecule has 0 fully saturated rings. The van der Waals surface area contributed by atoms with Gasteiger partial charge in [-0.3, -0.25) is 19.3 Å². The van der Waals surface area contributed by atoms with E-state index < -0.39 is 24.3 Å². The zero-order valence-corrected chi connectivity index (χ0v) is 17.1. The number of rotatable bonds is 5. The van der Waals surface area contributed by atoms with Crippen LogP contribution in [-0.2, 0) is 11.3 Å². The van der Waals surface area contributed by atoms with Crippen LogP contribution in [-0.4, -0.2) is 49.4 Å². The molecular formula is C19H14Cl2N6O3. The van der Waals surface area contributed by atoms with Gasteiger partial charge in [0.05, 0.1) is 21.2 Å². The highest BCUT2D eigenvalue weighted by Gasteiger charge is 2.37. The second-order valence-electron chi connectivity index (χ2n) is 6.46. The van der Waals surface area contributed by atoms with Crippen molar-refractivity contribution in [1.82, 2.24) is 25.1 Å². The van der Waals surface area contributed by atoms with Crippen LogP contribution in [0.1, 0.15) is 27.6 Å². The summed E-state index contributed by atoms with van der Waals surface area (Å²) in [5.74, 6) is -1.17. The molecule has 2 heterocycles. The smallest absolute Gasteiger partial charge is 0.262 e. The SMILES string of the molecule is CCn1nnnc1-c1cccc(NC(=O)CN2C(=O)c3cc(Cl)c(Cl)cc3C2=O)c1. The van der Waals surface area contributed by atoms with Crippen molar-refractivity contribution >= 4 is 46.6 Å². The Morgan fingerprint density at radius 2 is 1.73 bits per heavy atom. The van der Waals surface area contributed by atoms with Crippen molar-refractivity contribution in [2.24, 2.45) is 0 Å². The lowest BCUT2D eigenvalue weighted by atomic mass is 10.1. The number of hydrogen-bond acceptors (Lipinski definition) is 6.